The summed E-state index contributed by atoms with van der Waals surface area (Å²) in [6.45, 7) is 8.94. The Morgan fingerprint density at radius 1 is 1.14 bits per heavy atom. The molecule has 0 bridgehead atoms. The van der Waals surface area contributed by atoms with Gasteiger partial charge in [-0.3, -0.25) is 0 Å². The van der Waals surface area contributed by atoms with Crippen LogP contribution in [0.25, 0.3) is 0 Å². The van der Waals surface area contributed by atoms with Crippen LogP contribution in [-0.2, 0) is 4.74 Å². The van der Waals surface area contributed by atoms with Gasteiger partial charge in [0.1, 0.15) is 0 Å². The van der Waals surface area contributed by atoms with Crippen LogP contribution in [0, 0.1) is 11.3 Å². The second-order valence-corrected chi connectivity index (χ2v) is 5.14. The summed E-state index contributed by atoms with van der Waals surface area (Å²) >= 11 is 0. The maximum Gasteiger partial charge on any atom is 0.0552 e. The molecule has 0 spiro atoms. The number of aliphatic hydroxyl groups is 2. The topological polar surface area (TPSA) is 49.7 Å². The predicted molar refractivity (Wildman–Crippen MR) is 57.1 cm³/mol. The summed E-state index contributed by atoms with van der Waals surface area (Å²) in [5.41, 5.74) is 0.257. The molecule has 0 saturated carbocycles. The SMILES string of the molecule is CC(CC(C)(C)C)OCC(CO)CO. The summed E-state index contributed by atoms with van der Waals surface area (Å²) < 4.78 is 5.54. The molecule has 0 aliphatic heterocycles. The first-order valence-corrected chi connectivity index (χ1v) is 5.22. The van der Waals surface area contributed by atoms with Gasteiger partial charge in [0.05, 0.1) is 25.9 Å². The van der Waals surface area contributed by atoms with Crippen LogP contribution in [0.2, 0.25) is 0 Å². The van der Waals surface area contributed by atoms with Gasteiger partial charge in [0, 0.05) is 5.92 Å². The van der Waals surface area contributed by atoms with Crippen LogP contribution in [0.15, 0.2) is 0 Å². The third-order valence-electron chi connectivity index (χ3n) is 2.03. The monoisotopic (exact) mass is 204 g/mol. The minimum absolute atomic E-state index is 0.0151. The van der Waals surface area contributed by atoms with E-state index in [1.54, 1.807) is 0 Å². The van der Waals surface area contributed by atoms with Crippen molar-refractivity contribution in [2.75, 3.05) is 19.8 Å². The molecule has 0 aromatic rings. The highest BCUT2D eigenvalue weighted by molar-refractivity contribution is 4.66. The second kappa shape index (κ2) is 6.38. The molecule has 0 aliphatic carbocycles. The van der Waals surface area contributed by atoms with Crippen molar-refractivity contribution in [1.82, 2.24) is 0 Å². The standard InChI is InChI=1S/C11H24O3/c1-9(5-11(2,3)4)14-8-10(6-12)7-13/h9-10,12-13H,5-8H2,1-4H3. The molecule has 3 nitrogen and oxygen atoms in total. The van der Waals surface area contributed by atoms with E-state index in [9.17, 15) is 0 Å². The van der Waals surface area contributed by atoms with Gasteiger partial charge in [-0.25, -0.2) is 0 Å². The van der Waals surface area contributed by atoms with Gasteiger partial charge >= 0.3 is 0 Å². The van der Waals surface area contributed by atoms with Gasteiger partial charge in [-0.2, -0.15) is 0 Å². The lowest BCUT2D eigenvalue weighted by Gasteiger charge is -2.24. The molecular formula is C11H24O3. The van der Waals surface area contributed by atoms with Gasteiger partial charge in [0.2, 0.25) is 0 Å². The number of hydrogen-bond acceptors (Lipinski definition) is 3. The Morgan fingerprint density at radius 3 is 2.00 bits per heavy atom. The highest BCUT2D eigenvalue weighted by Gasteiger charge is 2.16. The Morgan fingerprint density at radius 2 is 1.64 bits per heavy atom. The fourth-order valence-electron chi connectivity index (χ4n) is 1.38. The summed E-state index contributed by atoms with van der Waals surface area (Å²) in [7, 11) is 0. The van der Waals surface area contributed by atoms with Crippen molar-refractivity contribution in [3.63, 3.8) is 0 Å². The molecule has 0 fully saturated rings. The smallest absolute Gasteiger partial charge is 0.0552 e. The first kappa shape index (κ1) is 13.9. The number of aliphatic hydroxyl groups excluding tert-OH is 2. The van der Waals surface area contributed by atoms with Crippen LogP contribution in [0.5, 0.6) is 0 Å². The van der Waals surface area contributed by atoms with E-state index in [1.165, 1.54) is 0 Å². The molecule has 0 saturated heterocycles. The minimum Gasteiger partial charge on any atom is -0.396 e. The van der Waals surface area contributed by atoms with Crippen molar-refractivity contribution in [1.29, 1.82) is 0 Å². The molecule has 0 rings (SSSR count). The molecular weight excluding hydrogens is 180 g/mol. The van der Waals surface area contributed by atoms with Crippen LogP contribution < -0.4 is 0 Å². The molecule has 0 aliphatic rings. The van der Waals surface area contributed by atoms with E-state index < -0.39 is 0 Å². The first-order valence-electron chi connectivity index (χ1n) is 5.22. The van der Waals surface area contributed by atoms with Crippen molar-refractivity contribution in [2.45, 2.75) is 40.2 Å². The van der Waals surface area contributed by atoms with Crippen molar-refractivity contribution < 1.29 is 14.9 Å². The molecule has 86 valence electrons. The van der Waals surface area contributed by atoms with E-state index in [4.69, 9.17) is 14.9 Å². The average Bonchev–Trinajstić information content (AvgIpc) is 2.03. The number of rotatable bonds is 6. The van der Waals surface area contributed by atoms with E-state index in [1.807, 2.05) is 6.92 Å². The molecule has 0 heterocycles. The largest absolute Gasteiger partial charge is 0.396 e. The summed E-state index contributed by atoms with van der Waals surface area (Å²) in [4.78, 5) is 0. The van der Waals surface area contributed by atoms with Crippen molar-refractivity contribution in [2.24, 2.45) is 11.3 Å². The fourth-order valence-corrected chi connectivity index (χ4v) is 1.38. The third kappa shape index (κ3) is 7.30. The van der Waals surface area contributed by atoms with Crippen LogP contribution >= 0.6 is 0 Å². The van der Waals surface area contributed by atoms with Crippen LogP contribution in [0.3, 0.4) is 0 Å². The molecule has 0 radical (unpaired) electrons. The lowest BCUT2D eigenvalue weighted by molar-refractivity contribution is -0.00816. The zero-order valence-electron chi connectivity index (χ0n) is 9.79. The molecule has 1 atom stereocenters. The quantitative estimate of drug-likeness (QED) is 0.688. The van der Waals surface area contributed by atoms with Gasteiger partial charge in [-0.1, -0.05) is 20.8 Å². The summed E-state index contributed by atoms with van der Waals surface area (Å²) in [5, 5.41) is 17.7. The highest BCUT2D eigenvalue weighted by Crippen LogP contribution is 2.22. The zero-order valence-corrected chi connectivity index (χ0v) is 9.79. The van der Waals surface area contributed by atoms with Crippen LogP contribution in [0.4, 0.5) is 0 Å². The minimum atomic E-state index is -0.141. The van der Waals surface area contributed by atoms with Gasteiger partial charge in [0.15, 0.2) is 0 Å². The van der Waals surface area contributed by atoms with E-state index in [2.05, 4.69) is 20.8 Å². The van der Waals surface area contributed by atoms with Crippen molar-refractivity contribution in [3.05, 3.63) is 0 Å². The maximum atomic E-state index is 8.83. The third-order valence-corrected chi connectivity index (χ3v) is 2.03. The molecule has 0 aromatic carbocycles. The van der Waals surface area contributed by atoms with Gasteiger partial charge in [-0.05, 0) is 18.8 Å². The Labute approximate surface area is 87.1 Å². The molecule has 3 heteroatoms. The number of ether oxygens (including phenoxy) is 1. The average molecular weight is 204 g/mol. The molecule has 14 heavy (non-hydrogen) atoms. The van der Waals surface area contributed by atoms with Gasteiger partial charge < -0.3 is 14.9 Å². The van der Waals surface area contributed by atoms with E-state index in [0.717, 1.165) is 6.42 Å². The molecule has 1 unspecified atom stereocenters. The maximum absolute atomic E-state index is 8.83. The van der Waals surface area contributed by atoms with Gasteiger partial charge in [0.25, 0.3) is 0 Å². The van der Waals surface area contributed by atoms with Crippen molar-refractivity contribution in [3.8, 4) is 0 Å². The Balaban J connectivity index is 3.67. The number of hydrogen-bond donors (Lipinski definition) is 2. The summed E-state index contributed by atoms with van der Waals surface area (Å²) in [6.07, 6.45) is 1.16. The van der Waals surface area contributed by atoms with E-state index >= 15 is 0 Å². The molecule has 0 amide bonds. The zero-order chi connectivity index (χ0) is 11.2. The fraction of sp³-hybridized carbons (Fsp3) is 1.00. The molecule has 0 aromatic heterocycles. The Bertz CT molecular complexity index is 136. The van der Waals surface area contributed by atoms with Crippen molar-refractivity contribution >= 4 is 0 Å². The van der Waals surface area contributed by atoms with E-state index in [-0.39, 0.29) is 30.7 Å². The predicted octanol–water partition coefficient (Wildman–Crippen LogP) is 1.43. The van der Waals surface area contributed by atoms with E-state index in [0.29, 0.717) is 6.61 Å². The molecule has 2 N–H and O–H groups in total. The lowest BCUT2D eigenvalue weighted by Crippen LogP contribution is -2.24. The lowest BCUT2D eigenvalue weighted by atomic mass is 9.90. The highest BCUT2D eigenvalue weighted by atomic mass is 16.5. The summed E-state index contributed by atoms with van der Waals surface area (Å²) in [6, 6.07) is 0. The Hall–Kier alpha value is -0.120. The van der Waals surface area contributed by atoms with Gasteiger partial charge in [-0.15, -0.1) is 0 Å². The van der Waals surface area contributed by atoms with Crippen LogP contribution in [0.1, 0.15) is 34.1 Å². The summed E-state index contributed by atoms with van der Waals surface area (Å²) in [5.74, 6) is -0.141. The second-order valence-electron chi connectivity index (χ2n) is 5.14. The first-order chi connectivity index (χ1) is 6.39. The van der Waals surface area contributed by atoms with Crippen LogP contribution in [-0.4, -0.2) is 36.1 Å². The Kier molecular flexibility index (Phi) is 6.33. The normalized spacial score (nSPS) is 14.8.